The molecule has 8 heteroatoms. The Morgan fingerprint density at radius 2 is 1.84 bits per heavy atom. The van der Waals surface area contributed by atoms with Crippen LogP contribution in [-0.2, 0) is 14.6 Å². The average Bonchev–Trinajstić information content (AvgIpc) is 2.20. The van der Waals surface area contributed by atoms with Crippen LogP contribution in [0.25, 0.3) is 0 Å². The van der Waals surface area contributed by atoms with Crippen LogP contribution in [0.4, 0.5) is 4.79 Å². The summed E-state index contributed by atoms with van der Waals surface area (Å²) in [6, 6.07) is -1.72. The molecule has 0 saturated heterocycles. The monoisotopic (exact) mass is 294 g/mol. The van der Waals surface area contributed by atoms with Crippen LogP contribution in [0, 0.1) is 5.92 Å². The third-order valence-corrected chi connectivity index (χ3v) is 3.34. The van der Waals surface area contributed by atoms with Crippen LogP contribution in [0.1, 0.15) is 20.3 Å². The number of hydrogen-bond donors (Lipinski definition) is 2. The minimum Gasteiger partial charge on any atom is -0.480 e. The van der Waals surface area contributed by atoms with Crippen molar-refractivity contribution < 1.29 is 23.1 Å². The lowest BCUT2D eigenvalue weighted by atomic mass is 10.2. The number of aliphatic carboxylic acids is 1. The standard InChI is InChI=1S/C11H22N2O5S/c1-8(2)7-13(3)11(16)12-9(10(14)15)5-6-19(4,17)18/h8-9H,5-7H2,1-4H3,(H,12,16)(H,14,15). The molecule has 0 fully saturated rings. The highest BCUT2D eigenvalue weighted by Crippen LogP contribution is 2.00. The minimum atomic E-state index is -3.26. The fourth-order valence-electron chi connectivity index (χ4n) is 1.48. The predicted molar refractivity (Wildman–Crippen MR) is 71.8 cm³/mol. The molecule has 112 valence electrons. The third kappa shape index (κ3) is 8.41. The van der Waals surface area contributed by atoms with E-state index in [9.17, 15) is 18.0 Å². The highest BCUT2D eigenvalue weighted by atomic mass is 32.2. The molecule has 2 amide bonds. The molecule has 7 nitrogen and oxygen atoms in total. The summed E-state index contributed by atoms with van der Waals surface area (Å²) in [7, 11) is -1.70. The zero-order valence-electron chi connectivity index (χ0n) is 11.7. The number of carbonyl (C=O) groups is 2. The van der Waals surface area contributed by atoms with Gasteiger partial charge >= 0.3 is 12.0 Å². The quantitative estimate of drug-likeness (QED) is 0.696. The van der Waals surface area contributed by atoms with Gasteiger partial charge < -0.3 is 15.3 Å². The second-order valence-corrected chi connectivity index (χ2v) is 7.29. The van der Waals surface area contributed by atoms with Crippen molar-refractivity contribution in [3.63, 3.8) is 0 Å². The Hall–Kier alpha value is -1.31. The number of carbonyl (C=O) groups excluding carboxylic acids is 1. The Kier molecular flexibility index (Phi) is 6.82. The maximum atomic E-state index is 11.7. The van der Waals surface area contributed by atoms with Crippen LogP contribution in [0.15, 0.2) is 0 Å². The molecule has 0 aromatic carbocycles. The zero-order valence-corrected chi connectivity index (χ0v) is 12.5. The SMILES string of the molecule is CC(C)CN(C)C(=O)NC(CCS(C)(=O)=O)C(=O)O. The molecule has 0 rings (SSSR count). The van der Waals surface area contributed by atoms with Gasteiger partial charge in [-0.2, -0.15) is 0 Å². The fourth-order valence-corrected chi connectivity index (χ4v) is 2.14. The summed E-state index contributed by atoms with van der Waals surface area (Å²) in [5.41, 5.74) is 0. The van der Waals surface area contributed by atoms with Gasteiger partial charge in [0.1, 0.15) is 15.9 Å². The van der Waals surface area contributed by atoms with Gasteiger partial charge in [0.2, 0.25) is 0 Å². The lowest BCUT2D eigenvalue weighted by Crippen LogP contribution is -2.48. The van der Waals surface area contributed by atoms with Crippen LogP contribution in [0.5, 0.6) is 0 Å². The van der Waals surface area contributed by atoms with Crippen molar-refractivity contribution in [3.8, 4) is 0 Å². The topological polar surface area (TPSA) is 104 Å². The van der Waals surface area contributed by atoms with E-state index in [-0.39, 0.29) is 18.1 Å². The normalized spacial score (nSPS) is 13.1. The summed E-state index contributed by atoms with van der Waals surface area (Å²) in [6.07, 6.45) is 0.883. The Morgan fingerprint density at radius 3 is 2.21 bits per heavy atom. The van der Waals surface area contributed by atoms with Gasteiger partial charge in [0, 0.05) is 19.8 Å². The van der Waals surface area contributed by atoms with Gasteiger partial charge in [-0.05, 0) is 12.3 Å². The molecule has 0 spiro atoms. The van der Waals surface area contributed by atoms with Crippen molar-refractivity contribution in [1.29, 1.82) is 0 Å². The van der Waals surface area contributed by atoms with E-state index in [2.05, 4.69) is 5.32 Å². The summed E-state index contributed by atoms with van der Waals surface area (Å²) in [5, 5.41) is 11.3. The van der Waals surface area contributed by atoms with Crippen molar-refractivity contribution >= 4 is 21.8 Å². The maximum Gasteiger partial charge on any atom is 0.326 e. The van der Waals surface area contributed by atoms with Crippen molar-refractivity contribution in [2.24, 2.45) is 5.92 Å². The fraction of sp³-hybridized carbons (Fsp3) is 0.818. The highest BCUT2D eigenvalue weighted by Gasteiger charge is 2.23. The minimum absolute atomic E-state index is 0.143. The van der Waals surface area contributed by atoms with Gasteiger partial charge in [-0.3, -0.25) is 0 Å². The van der Waals surface area contributed by atoms with Crippen molar-refractivity contribution in [2.75, 3.05) is 25.6 Å². The predicted octanol–water partition coefficient (Wildman–Crippen LogP) is 0.172. The van der Waals surface area contributed by atoms with E-state index in [1.807, 2.05) is 13.8 Å². The summed E-state index contributed by atoms with van der Waals surface area (Å²) in [6.45, 7) is 4.36. The number of nitrogens with zero attached hydrogens (tertiary/aromatic N) is 1. The molecule has 0 saturated carbocycles. The van der Waals surface area contributed by atoms with Crippen LogP contribution in [0.3, 0.4) is 0 Å². The summed E-state index contributed by atoms with van der Waals surface area (Å²) in [4.78, 5) is 24.1. The van der Waals surface area contributed by atoms with Crippen molar-refractivity contribution in [3.05, 3.63) is 0 Å². The summed E-state index contributed by atoms with van der Waals surface area (Å²) in [5.74, 6) is -1.26. The Morgan fingerprint density at radius 1 is 1.32 bits per heavy atom. The smallest absolute Gasteiger partial charge is 0.326 e. The molecule has 0 aromatic rings. The van der Waals surface area contributed by atoms with Gasteiger partial charge in [0.05, 0.1) is 5.75 Å². The zero-order chi connectivity index (χ0) is 15.2. The molecule has 0 aliphatic rings. The van der Waals surface area contributed by atoms with E-state index >= 15 is 0 Å². The largest absolute Gasteiger partial charge is 0.480 e. The second kappa shape index (κ2) is 7.32. The Labute approximate surface area is 113 Å². The van der Waals surface area contributed by atoms with E-state index in [1.54, 1.807) is 7.05 Å². The number of carboxylic acids is 1. The maximum absolute atomic E-state index is 11.7. The van der Waals surface area contributed by atoms with Crippen LogP contribution >= 0.6 is 0 Å². The molecular weight excluding hydrogens is 272 g/mol. The van der Waals surface area contributed by atoms with Gasteiger partial charge in [0.15, 0.2) is 0 Å². The second-order valence-electron chi connectivity index (χ2n) is 5.03. The molecule has 0 radical (unpaired) electrons. The molecular formula is C11H22N2O5S. The summed E-state index contributed by atoms with van der Waals surface area (Å²) >= 11 is 0. The summed E-state index contributed by atoms with van der Waals surface area (Å²) < 4.78 is 22.0. The van der Waals surface area contributed by atoms with Crippen LogP contribution < -0.4 is 5.32 Å². The first-order valence-corrected chi connectivity index (χ1v) is 8.01. The van der Waals surface area contributed by atoms with E-state index in [4.69, 9.17) is 5.11 Å². The molecule has 0 heterocycles. The molecule has 0 aliphatic heterocycles. The number of carboxylic acid groups (broad SMARTS) is 1. The molecule has 2 N–H and O–H groups in total. The number of amides is 2. The Balaban J connectivity index is 4.50. The number of urea groups is 1. The Bertz CT molecular complexity index is 419. The van der Waals surface area contributed by atoms with E-state index < -0.39 is 27.9 Å². The third-order valence-electron chi connectivity index (χ3n) is 2.36. The van der Waals surface area contributed by atoms with Crippen LogP contribution in [0.2, 0.25) is 0 Å². The van der Waals surface area contributed by atoms with E-state index in [0.29, 0.717) is 6.54 Å². The molecule has 1 unspecified atom stereocenters. The number of sulfone groups is 1. The van der Waals surface area contributed by atoms with Gasteiger partial charge in [0.25, 0.3) is 0 Å². The molecule has 1 atom stereocenters. The lowest BCUT2D eigenvalue weighted by molar-refractivity contribution is -0.139. The van der Waals surface area contributed by atoms with Gasteiger partial charge in [-0.15, -0.1) is 0 Å². The highest BCUT2D eigenvalue weighted by molar-refractivity contribution is 7.90. The first kappa shape index (κ1) is 17.7. The van der Waals surface area contributed by atoms with E-state index in [1.165, 1.54) is 4.90 Å². The average molecular weight is 294 g/mol. The number of hydrogen-bond acceptors (Lipinski definition) is 4. The first-order valence-electron chi connectivity index (χ1n) is 5.95. The number of rotatable bonds is 7. The molecule has 19 heavy (non-hydrogen) atoms. The van der Waals surface area contributed by atoms with Gasteiger partial charge in [-0.25, -0.2) is 18.0 Å². The van der Waals surface area contributed by atoms with Gasteiger partial charge in [-0.1, -0.05) is 13.8 Å². The molecule has 0 aliphatic carbocycles. The lowest BCUT2D eigenvalue weighted by Gasteiger charge is -2.22. The van der Waals surface area contributed by atoms with Crippen LogP contribution in [-0.4, -0.2) is 62.1 Å². The van der Waals surface area contributed by atoms with Crippen molar-refractivity contribution in [2.45, 2.75) is 26.3 Å². The van der Waals surface area contributed by atoms with E-state index in [0.717, 1.165) is 6.26 Å². The number of nitrogens with one attached hydrogen (secondary N) is 1. The van der Waals surface area contributed by atoms with Crippen molar-refractivity contribution in [1.82, 2.24) is 10.2 Å². The molecule has 0 bridgehead atoms. The first-order chi connectivity index (χ1) is 8.53. The molecule has 0 aromatic heterocycles.